The molecule has 0 aliphatic rings. The van der Waals surface area contributed by atoms with Gasteiger partial charge in [0.05, 0.1) is 10.0 Å². The first-order chi connectivity index (χ1) is 6.25. The van der Waals surface area contributed by atoms with Gasteiger partial charge in [-0.15, -0.1) is 0 Å². The van der Waals surface area contributed by atoms with Crippen molar-refractivity contribution in [3.05, 3.63) is 27.7 Å². The predicted octanol–water partition coefficient (Wildman–Crippen LogP) is 3.20. The van der Waals surface area contributed by atoms with E-state index in [2.05, 4.69) is 0 Å². The SMILES string of the molecule is O=S(=O)(Cl)c1c(F)cc(F)c(Cl)c1Cl. The molecule has 78 valence electrons. The van der Waals surface area contributed by atoms with E-state index in [1.165, 1.54) is 0 Å². The molecule has 0 amide bonds. The molecule has 0 aliphatic heterocycles. The third kappa shape index (κ3) is 2.11. The summed E-state index contributed by atoms with van der Waals surface area (Å²) in [6.07, 6.45) is 0. The zero-order valence-corrected chi connectivity index (χ0v) is 9.28. The average Bonchev–Trinajstić information content (AvgIpc) is 1.97. The van der Waals surface area contributed by atoms with E-state index in [0.29, 0.717) is 6.07 Å². The van der Waals surface area contributed by atoms with Crippen LogP contribution in [-0.2, 0) is 9.05 Å². The van der Waals surface area contributed by atoms with Gasteiger partial charge in [-0.1, -0.05) is 23.2 Å². The predicted molar refractivity (Wildman–Crippen MR) is 49.4 cm³/mol. The van der Waals surface area contributed by atoms with Crippen molar-refractivity contribution in [3.8, 4) is 0 Å². The normalized spacial score (nSPS) is 11.8. The topological polar surface area (TPSA) is 34.1 Å². The molecule has 0 heterocycles. The lowest BCUT2D eigenvalue weighted by atomic mass is 10.3. The highest BCUT2D eigenvalue weighted by atomic mass is 35.7. The van der Waals surface area contributed by atoms with E-state index >= 15 is 0 Å². The summed E-state index contributed by atoms with van der Waals surface area (Å²) in [7, 11) is 0.471. The van der Waals surface area contributed by atoms with Gasteiger partial charge in [0.2, 0.25) is 0 Å². The van der Waals surface area contributed by atoms with Gasteiger partial charge < -0.3 is 0 Å². The fourth-order valence-corrected chi connectivity index (χ4v) is 2.64. The van der Waals surface area contributed by atoms with Crippen molar-refractivity contribution in [2.75, 3.05) is 0 Å². The Hall–Kier alpha value is -0.100. The first-order valence-corrected chi connectivity index (χ1v) is 6.09. The summed E-state index contributed by atoms with van der Waals surface area (Å²) in [5.41, 5.74) is 0. The van der Waals surface area contributed by atoms with Gasteiger partial charge in [0, 0.05) is 16.7 Å². The molecule has 0 saturated heterocycles. The minimum Gasteiger partial charge on any atom is -0.207 e. The molecule has 1 rings (SSSR count). The minimum atomic E-state index is -4.39. The third-order valence-corrected chi connectivity index (χ3v) is 3.62. The van der Waals surface area contributed by atoms with E-state index in [9.17, 15) is 17.2 Å². The quantitative estimate of drug-likeness (QED) is 0.450. The molecule has 0 aromatic heterocycles. The molecule has 0 saturated carbocycles. The lowest BCUT2D eigenvalue weighted by Gasteiger charge is -2.04. The lowest BCUT2D eigenvalue weighted by molar-refractivity contribution is 0.554. The first kappa shape index (κ1) is 12.0. The van der Waals surface area contributed by atoms with Gasteiger partial charge in [-0.3, -0.25) is 0 Å². The molecular formula is C6HCl3F2O2S. The van der Waals surface area contributed by atoms with Crippen LogP contribution in [0.4, 0.5) is 8.78 Å². The van der Waals surface area contributed by atoms with E-state index in [1.54, 1.807) is 0 Å². The first-order valence-electron chi connectivity index (χ1n) is 3.03. The van der Waals surface area contributed by atoms with Crippen molar-refractivity contribution in [1.82, 2.24) is 0 Å². The number of hydrogen-bond acceptors (Lipinski definition) is 2. The molecule has 1 aromatic carbocycles. The zero-order valence-electron chi connectivity index (χ0n) is 6.19. The second-order valence-corrected chi connectivity index (χ2v) is 5.49. The van der Waals surface area contributed by atoms with Crippen molar-refractivity contribution in [1.29, 1.82) is 0 Å². The second kappa shape index (κ2) is 3.81. The molecule has 0 radical (unpaired) electrons. The summed E-state index contributed by atoms with van der Waals surface area (Å²) in [6.45, 7) is 0. The minimum absolute atomic E-state index is 0.295. The van der Waals surface area contributed by atoms with Crippen molar-refractivity contribution >= 4 is 42.9 Å². The summed E-state index contributed by atoms with van der Waals surface area (Å²) in [4.78, 5) is -1.02. The van der Waals surface area contributed by atoms with Crippen LogP contribution < -0.4 is 0 Å². The second-order valence-electron chi connectivity index (χ2n) is 2.24. The van der Waals surface area contributed by atoms with Gasteiger partial charge in [0.15, 0.2) is 0 Å². The highest BCUT2D eigenvalue weighted by molar-refractivity contribution is 8.13. The van der Waals surface area contributed by atoms with E-state index < -0.39 is 35.6 Å². The van der Waals surface area contributed by atoms with Gasteiger partial charge in [-0.2, -0.15) is 0 Å². The van der Waals surface area contributed by atoms with E-state index in [0.717, 1.165) is 0 Å². The molecule has 0 fully saturated rings. The monoisotopic (exact) mass is 280 g/mol. The summed E-state index contributed by atoms with van der Waals surface area (Å²) >= 11 is 10.6. The Kier molecular flexibility index (Phi) is 3.26. The van der Waals surface area contributed by atoms with Crippen LogP contribution in [0.5, 0.6) is 0 Å². The summed E-state index contributed by atoms with van der Waals surface area (Å²) in [6, 6.07) is 0.295. The number of halogens is 5. The summed E-state index contributed by atoms with van der Waals surface area (Å²) in [5, 5.41) is -1.45. The van der Waals surface area contributed by atoms with E-state index in [4.69, 9.17) is 33.9 Å². The van der Waals surface area contributed by atoms with Crippen molar-refractivity contribution in [3.63, 3.8) is 0 Å². The Morgan fingerprint density at radius 2 is 1.57 bits per heavy atom. The van der Waals surface area contributed by atoms with Crippen molar-refractivity contribution in [2.45, 2.75) is 4.90 Å². The van der Waals surface area contributed by atoms with Crippen LogP contribution in [0, 0.1) is 11.6 Å². The molecule has 0 unspecified atom stereocenters. The Bertz CT molecular complexity index is 486. The number of hydrogen-bond donors (Lipinski definition) is 0. The molecule has 0 bridgehead atoms. The van der Waals surface area contributed by atoms with Crippen LogP contribution in [-0.4, -0.2) is 8.42 Å². The highest BCUT2D eigenvalue weighted by Gasteiger charge is 2.24. The molecule has 0 atom stereocenters. The lowest BCUT2D eigenvalue weighted by Crippen LogP contribution is -1.99. The fraction of sp³-hybridized carbons (Fsp3) is 0. The summed E-state index contributed by atoms with van der Waals surface area (Å²) < 4.78 is 47.3. The molecule has 8 heteroatoms. The van der Waals surface area contributed by atoms with Crippen LogP contribution in [0.3, 0.4) is 0 Å². The van der Waals surface area contributed by atoms with Crippen molar-refractivity contribution in [2.24, 2.45) is 0 Å². The third-order valence-electron chi connectivity index (χ3n) is 1.32. The molecule has 0 spiro atoms. The Labute approximate surface area is 92.8 Å². The summed E-state index contributed by atoms with van der Waals surface area (Å²) in [5.74, 6) is -2.54. The zero-order chi connectivity index (χ0) is 11.1. The van der Waals surface area contributed by atoms with Crippen molar-refractivity contribution < 1.29 is 17.2 Å². The van der Waals surface area contributed by atoms with E-state index in [-0.39, 0.29) is 0 Å². The highest BCUT2D eigenvalue weighted by Crippen LogP contribution is 2.35. The number of rotatable bonds is 1. The van der Waals surface area contributed by atoms with Crippen LogP contribution in [0.25, 0.3) is 0 Å². The maximum Gasteiger partial charge on any atom is 0.265 e. The van der Waals surface area contributed by atoms with Crippen LogP contribution in [0.1, 0.15) is 0 Å². The Morgan fingerprint density at radius 3 is 2.00 bits per heavy atom. The van der Waals surface area contributed by atoms with Gasteiger partial charge in [-0.05, 0) is 0 Å². The maximum atomic E-state index is 12.9. The Morgan fingerprint density at radius 1 is 1.07 bits per heavy atom. The van der Waals surface area contributed by atoms with Gasteiger partial charge in [0.25, 0.3) is 9.05 Å². The Balaban J connectivity index is 3.70. The maximum absolute atomic E-state index is 12.9. The van der Waals surface area contributed by atoms with Crippen LogP contribution in [0.15, 0.2) is 11.0 Å². The molecular weight excluding hydrogens is 280 g/mol. The largest absolute Gasteiger partial charge is 0.265 e. The van der Waals surface area contributed by atoms with Gasteiger partial charge in [-0.25, -0.2) is 17.2 Å². The molecule has 14 heavy (non-hydrogen) atoms. The average molecular weight is 281 g/mol. The smallest absolute Gasteiger partial charge is 0.207 e. The van der Waals surface area contributed by atoms with Gasteiger partial charge >= 0.3 is 0 Å². The number of benzene rings is 1. The van der Waals surface area contributed by atoms with Gasteiger partial charge in [0.1, 0.15) is 16.5 Å². The van der Waals surface area contributed by atoms with Crippen LogP contribution in [0.2, 0.25) is 10.0 Å². The molecule has 1 aromatic rings. The standard InChI is InChI=1S/C6HCl3F2O2S/c7-4-2(10)1-3(11)6(5(4)8)14(9,12)13/h1H. The molecule has 2 nitrogen and oxygen atoms in total. The van der Waals surface area contributed by atoms with E-state index in [1.807, 2.05) is 0 Å². The van der Waals surface area contributed by atoms with Crippen LogP contribution >= 0.6 is 33.9 Å². The fourth-order valence-electron chi connectivity index (χ4n) is 0.773. The molecule has 0 N–H and O–H groups in total. The molecule has 0 aliphatic carbocycles.